The van der Waals surface area contributed by atoms with E-state index in [2.05, 4.69) is 5.32 Å². The van der Waals surface area contributed by atoms with Gasteiger partial charge in [0.05, 0.1) is 16.4 Å². The van der Waals surface area contributed by atoms with Gasteiger partial charge in [-0.3, -0.25) is 0 Å². The van der Waals surface area contributed by atoms with Crippen LogP contribution in [0.4, 0.5) is 15.8 Å². The number of halogens is 2. The van der Waals surface area contributed by atoms with Crippen molar-refractivity contribution in [2.24, 2.45) is 0 Å². The molecule has 4 N–H and O–H groups in total. The van der Waals surface area contributed by atoms with Gasteiger partial charge in [0, 0.05) is 19.2 Å². The van der Waals surface area contributed by atoms with Crippen LogP contribution in [0.3, 0.4) is 0 Å². The average Bonchev–Trinajstić information content (AvgIpc) is 2.30. The topological polar surface area (TPSA) is 58.3 Å². The lowest BCUT2D eigenvalue weighted by Crippen LogP contribution is -2.05. The predicted octanol–water partition coefficient (Wildman–Crippen LogP) is 3.03. The van der Waals surface area contributed by atoms with Crippen molar-refractivity contribution in [1.29, 1.82) is 0 Å². The minimum atomic E-state index is -0.502. The number of hydrogen-bond donors (Lipinski definition) is 3. The van der Waals surface area contributed by atoms with Crippen molar-refractivity contribution in [3.05, 3.63) is 23.0 Å². The van der Waals surface area contributed by atoms with E-state index in [0.717, 1.165) is 32.2 Å². The molecule has 96 valence electrons. The van der Waals surface area contributed by atoms with Crippen molar-refractivity contribution in [3.8, 4) is 0 Å². The highest BCUT2D eigenvalue weighted by atomic mass is 35.5. The van der Waals surface area contributed by atoms with E-state index in [1.54, 1.807) is 0 Å². The Bertz CT molecular complexity index is 361. The van der Waals surface area contributed by atoms with Crippen LogP contribution in [-0.2, 0) is 0 Å². The molecule has 0 saturated heterocycles. The van der Waals surface area contributed by atoms with Gasteiger partial charge in [-0.1, -0.05) is 24.4 Å². The van der Waals surface area contributed by atoms with E-state index in [1.165, 1.54) is 12.1 Å². The minimum Gasteiger partial charge on any atom is -0.397 e. The number of aliphatic hydroxyl groups is 1. The van der Waals surface area contributed by atoms with E-state index >= 15 is 0 Å². The fourth-order valence-electron chi connectivity index (χ4n) is 1.53. The molecule has 3 nitrogen and oxygen atoms in total. The molecule has 0 unspecified atom stereocenters. The third-order valence-electron chi connectivity index (χ3n) is 2.49. The van der Waals surface area contributed by atoms with Crippen molar-refractivity contribution >= 4 is 23.0 Å². The third kappa shape index (κ3) is 4.79. The summed E-state index contributed by atoms with van der Waals surface area (Å²) in [4.78, 5) is 0. The Morgan fingerprint density at radius 3 is 2.65 bits per heavy atom. The summed E-state index contributed by atoms with van der Waals surface area (Å²) in [7, 11) is 0. The SMILES string of the molecule is Nc1cc(F)c(Cl)cc1NCCCCCCO. The normalized spacial score (nSPS) is 10.5. The molecule has 0 radical (unpaired) electrons. The van der Waals surface area contributed by atoms with Gasteiger partial charge in [0.15, 0.2) is 0 Å². The number of nitrogens with two attached hydrogens (primary N) is 1. The smallest absolute Gasteiger partial charge is 0.143 e. The summed E-state index contributed by atoms with van der Waals surface area (Å²) < 4.78 is 13.0. The maximum atomic E-state index is 13.0. The van der Waals surface area contributed by atoms with Crippen LogP contribution >= 0.6 is 11.6 Å². The van der Waals surface area contributed by atoms with Gasteiger partial charge in [0.1, 0.15) is 5.82 Å². The zero-order valence-electron chi connectivity index (χ0n) is 9.68. The standard InChI is InChI=1S/C12H18ClFN2O/c13-9-7-12(11(15)8-10(9)14)16-5-3-1-2-4-6-17/h7-8,16-17H,1-6,15H2. The third-order valence-corrected chi connectivity index (χ3v) is 2.78. The summed E-state index contributed by atoms with van der Waals surface area (Å²) in [5.41, 5.74) is 6.69. The van der Waals surface area contributed by atoms with Crippen molar-refractivity contribution < 1.29 is 9.50 Å². The van der Waals surface area contributed by atoms with Crippen LogP contribution in [0.25, 0.3) is 0 Å². The maximum absolute atomic E-state index is 13.0. The molecule has 0 aliphatic carbocycles. The Balaban J connectivity index is 2.34. The molecule has 17 heavy (non-hydrogen) atoms. The zero-order valence-corrected chi connectivity index (χ0v) is 10.4. The molecule has 0 fully saturated rings. The van der Waals surface area contributed by atoms with E-state index in [0.29, 0.717) is 11.4 Å². The average molecular weight is 261 g/mol. The number of aliphatic hydroxyl groups excluding tert-OH is 1. The van der Waals surface area contributed by atoms with Gasteiger partial charge in [-0.25, -0.2) is 4.39 Å². The molecule has 0 aromatic heterocycles. The Kier molecular flexibility index (Phi) is 6.08. The van der Waals surface area contributed by atoms with Crippen molar-refractivity contribution in [1.82, 2.24) is 0 Å². The first kappa shape index (κ1) is 14.1. The van der Waals surface area contributed by atoms with Crippen LogP contribution < -0.4 is 11.1 Å². The van der Waals surface area contributed by atoms with Gasteiger partial charge in [0.2, 0.25) is 0 Å². The Morgan fingerprint density at radius 2 is 1.94 bits per heavy atom. The summed E-state index contributed by atoms with van der Waals surface area (Å²) in [6.45, 7) is 1.01. The largest absolute Gasteiger partial charge is 0.397 e. The Labute approximate surface area is 106 Å². The lowest BCUT2D eigenvalue weighted by atomic mass is 10.2. The summed E-state index contributed by atoms with van der Waals surface area (Å²) >= 11 is 5.67. The van der Waals surface area contributed by atoms with E-state index in [9.17, 15) is 4.39 Å². The number of nitrogens with one attached hydrogen (secondary N) is 1. The molecule has 1 aromatic rings. The molecule has 0 aliphatic rings. The molecule has 0 atom stereocenters. The van der Waals surface area contributed by atoms with E-state index < -0.39 is 5.82 Å². The highest BCUT2D eigenvalue weighted by molar-refractivity contribution is 6.31. The molecule has 0 heterocycles. The highest BCUT2D eigenvalue weighted by Gasteiger charge is 2.05. The maximum Gasteiger partial charge on any atom is 0.143 e. The molecule has 0 saturated carbocycles. The molecule has 5 heteroatoms. The lowest BCUT2D eigenvalue weighted by Gasteiger charge is -2.10. The first-order chi connectivity index (χ1) is 8.15. The van der Waals surface area contributed by atoms with Gasteiger partial charge in [-0.05, 0) is 18.9 Å². The van der Waals surface area contributed by atoms with E-state index in [-0.39, 0.29) is 11.6 Å². The molecule has 0 spiro atoms. The van der Waals surface area contributed by atoms with Crippen molar-refractivity contribution in [2.75, 3.05) is 24.2 Å². The lowest BCUT2D eigenvalue weighted by molar-refractivity contribution is 0.283. The monoisotopic (exact) mass is 260 g/mol. The molecule has 1 rings (SSSR count). The summed E-state index contributed by atoms with van der Waals surface area (Å²) in [6, 6.07) is 2.72. The highest BCUT2D eigenvalue weighted by Crippen LogP contribution is 2.26. The quantitative estimate of drug-likeness (QED) is 0.522. The molecule has 1 aromatic carbocycles. The number of benzene rings is 1. The first-order valence-corrected chi connectivity index (χ1v) is 6.12. The van der Waals surface area contributed by atoms with Gasteiger partial charge < -0.3 is 16.2 Å². The van der Waals surface area contributed by atoms with Gasteiger partial charge in [-0.2, -0.15) is 0 Å². The van der Waals surface area contributed by atoms with Crippen LogP contribution in [0, 0.1) is 5.82 Å². The van der Waals surface area contributed by atoms with Gasteiger partial charge in [-0.15, -0.1) is 0 Å². The van der Waals surface area contributed by atoms with Crippen LogP contribution in [0.2, 0.25) is 5.02 Å². The molecule has 0 aliphatic heterocycles. The number of unbranched alkanes of at least 4 members (excludes halogenated alkanes) is 3. The zero-order chi connectivity index (χ0) is 12.7. The van der Waals surface area contributed by atoms with Gasteiger partial charge in [0.25, 0.3) is 0 Å². The molecule has 0 amide bonds. The summed E-state index contributed by atoms with van der Waals surface area (Å²) in [5.74, 6) is -0.502. The predicted molar refractivity (Wildman–Crippen MR) is 69.9 cm³/mol. The summed E-state index contributed by atoms with van der Waals surface area (Å²) in [5, 5.41) is 11.8. The second-order valence-corrected chi connectivity index (χ2v) is 4.33. The van der Waals surface area contributed by atoms with Crippen LogP contribution in [-0.4, -0.2) is 18.3 Å². The fraction of sp³-hybridized carbons (Fsp3) is 0.500. The minimum absolute atomic E-state index is 0.0713. The van der Waals surface area contributed by atoms with Crippen molar-refractivity contribution in [2.45, 2.75) is 25.7 Å². The second kappa shape index (κ2) is 7.35. The number of hydrogen-bond acceptors (Lipinski definition) is 3. The van der Waals surface area contributed by atoms with E-state index in [4.69, 9.17) is 22.4 Å². The van der Waals surface area contributed by atoms with Crippen LogP contribution in [0.1, 0.15) is 25.7 Å². The van der Waals surface area contributed by atoms with Crippen molar-refractivity contribution in [3.63, 3.8) is 0 Å². The second-order valence-electron chi connectivity index (χ2n) is 3.92. The fourth-order valence-corrected chi connectivity index (χ4v) is 1.69. The molecular formula is C12H18ClFN2O. The molecule has 0 bridgehead atoms. The van der Waals surface area contributed by atoms with E-state index in [1.807, 2.05) is 0 Å². The van der Waals surface area contributed by atoms with Crippen LogP contribution in [0.15, 0.2) is 12.1 Å². The Morgan fingerprint density at radius 1 is 1.24 bits per heavy atom. The number of anilines is 2. The Hall–Kier alpha value is -1.00. The van der Waals surface area contributed by atoms with Crippen LogP contribution in [0.5, 0.6) is 0 Å². The van der Waals surface area contributed by atoms with Gasteiger partial charge >= 0.3 is 0 Å². The number of rotatable bonds is 7. The summed E-state index contributed by atoms with van der Waals surface area (Å²) in [6.07, 6.45) is 3.87. The molecular weight excluding hydrogens is 243 g/mol. The number of nitrogen functional groups attached to an aromatic ring is 1. The first-order valence-electron chi connectivity index (χ1n) is 5.74.